The number of fused-ring (bicyclic) bond motifs is 1. The molecule has 4 rings (SSSR count). The Kier molecular flexibility index (Phi) is 3.49. The minimum atomic E-state index is -0.341. The third-order valence-electron chi connectivity index (χ3n) is 4.80. The molecule has 2 aromatic heterocycles. The van der Waals surface area contributed by atoms with Crippen LogP contribution in [0.5, 0.6) is 0 Å². The SMILES string of the molecule is Cn1ccc2ccc(-c3ccc(C4CCCNC4=O)c(=O)[nH]3)cc21. The van der Waals surface area contributed by atoms with E-state index >= 15 is 0 Å². The molecule has 1 aliphatic heterocycles. The van der Waals surface area contributed by atoms with E-state index in [1.807, 2.05) is 31.4 Å². The van der Waals surface area contributed by atoms with E-state index < -0.39 is 0 Å². The van der Waals surface area contributed by atoms with Crippen LogP contribution in [0.25, 0.3) is 22.2 Å². The van der Waals surface area contributed by atoms with Crippen molar-refractivity contribution in [3.63, 3.8) is 0 Å². The zero-order valence-corrected chi connectivity index (χ0v) is 13.5. The molecule has 1 atom stereocenters. The summed E-state index contributed by atoms with van der Waals surface area (Å²) in [4.78, 5) is 27.4. The lowest BCUT2D eigenvalue weighted by Gasteiger charge is -2.21. The maximum absolute atomic E-state index is 12.5. The number of carbonyl (C=O) groups excluding carboxylic acids is 1. The Hall–Kier alpha value is -2.82. The summed E-state index contributed by atoms with van der Waals surface area (Å²) in [6.45, 7) is 0.696. The van der Waals surface area contributed by atoms with E-state index in [9.17, 15) is 9.59 Å². The van der Waals surface area contributed by atoms with Crippen molar-refractivity contribution in [1.82, 2.24) is 14.9 Å². The highest BCUT2D eigenvalue weighted by Gasteiger charge is 2.26. The summed E-state index contributed by atoms with van der Waals surface area (Å²) in [5.41, 5.74) is 3.21. The van der Waals surface area contributed by atoms with Gasteiger partial charge < -0.3 is 14.9 Å². The predicted octanol–water partition coefficient (Wildman–Crippen LogP) is 2.53. The monoisotopic (exact) mass is 321 g/mol. The van der Waals surface area contributed by atoms with Gasteiger partial charge in [-0.2, -0.15) is 0 Å². The fourth-order valence-corrected chi connectivity index (χ4v) is 3.43. The second-order valence-corrected chi connectivity index (χ2v) is 6.34. The summed E-state index contributed by atoms with van der Waals surface area (Å²) in [5.74, 6) is -0.392. The molecule has 5 heteroatoms. The summed E-state index contributed by atoms with van der Waals surface area (Å²) in [6, 6.07) is 11.9. The number of aryl methyl sites for hydroxylation is 1. The van der Waals surface area contributed by atoms with Gasteiger partial charge in [-0.1, -0.05) is 18.2 Å². The fourth-order valence-electron chi connectivity index (χ4n) is 3.43. The van der Waals surface area contributed by atoms with Crippen molar-refractivity contribution >= 4 is 16.8 Å². The van der Waals surface area contributed by atoms with Crippen molar-refractivity contribution in [2.75, 3.05) is 6.54 Å². The Bertz CT molecular complexity index is 984. The fraction of sp³-hybridized carbons (Fsp3) is 0.263. The summed E-state index contributed by atoms with van der Waals surface area (Å²) in [7, 11) is 2.00. The molecule has 24 heavy (non-hydrogen) atoms. The highest BCUT2D eigenvalue weighted by atomic mass is 16.2. The molecule has 0 aliphatic carbocycles. The average Bonchev–Trinajstić information content (AvgIpc) is 2.96. The topological polar surface area (TPSA) is 66.9 Å². The van der Waals surface area contributed by atoms with Crippen LogP contribution in [0.1, 0.15) is 24.3 Å². The minimum absolute atomic E-state index is 0.0512. The van der Waals surface area contributed by atoms with Gasteiger partial charge in [0, 0.05) is 42.1 Å². The summed E-state index contributed by atoms with van der Waals surface area (Å²) < 4.78 is 2.05. The summed E-state index contributed by atoms with van der Waals surface area (Å²) in [6.07, 6.45) is 3.65. The number of rotatable bonds is 2. The van der Waals surface area contributed by atoms with Gasteiger partial charge in [-0.25, -0.2) is 0 Å². The van der Waals surface area contributed by atoms with E-state index in [2.05, 4.69) is 27.0 Å². The average molecular weight is 321 g/mol. The van der Waals surface area contributed by atoms with Crippen LogP contribution >= 0.6 is 0 Å². The van der Waals surface area contributed by atoms with Crippen LogP contribution in [0, 0.1) is 0 Å². The molecular weight excluding hydrogens is 302 g/mol. The molecule has 1 amide bonds. The van der Waals surface area contributed by atoms with Gasteiger partial charge in [-0.3, -0.25) is 9.59 Å². The Labute approximate surface area is 139 Å². The predicted molar refractivity (Wildman–Crippen MR) is 94.0 cm³/mol. The number of H-pyrrole nitrogens is 1. The molecule has 3 aromatic rings. The number of hydrogen-bond donors (Lipinski definition) is 2. The number of amides is 1. The van der Waals surface area contributed by atoms with E-state index in [1.165, 1.54) is 5.39 Å². The van der Waals surface area contributed by atoms with Gasteiger partial charge in [0.2, 0.25) is 5.91 Å². The number of nitrogens with zero attached hydrogens (tertiary/aromatic N) is 1. The van der Waals surface area contributed by atoms with Crippen LogP contribution in [0.15, 0.2) is 47.4 Å². The molecule has 3 heterocycles. The first-order chi connectivity index (χ1) is 11.6. The van der Waals surface area contributed by atoms with Crippen molar-refractivity contribution in [3.8, 4) is 11.3 Å². The van der Waals surface area contributed by atoms with E-state index in [1.54, 1.807) is 6.07 Å². The van der Waals surface area contributed by atoms with Gasteiger partial charge in [0.05, 0.1) is 5.92 Å². The molecular formula is C19H19N3O2. The highest BCUT2D eigenvalue weighted by molar-refractivity contribution is 5.85. The van der Waals surface area contributed by atoms with Crippen LogP contribution in [-0.4, -0.2) is 22.0 Å². The van der Waals surface area contributed by atoms with Crippen LogP contribution in [-0.2, 0) is 11.8 Å². The molecule has 1 unspecified atom stereocenters. The lowest BCUT2D eigenvalue weighted by Crippen LogP contribution is -2.37. The molecule has 1 aliphatic rings. The minimum Gasteiger partial charge on any atom is -0.356 e. The number of benzene rings is 1. The number of aromatic amines is 1. The Morgan fingerprint density at radius 2 is 2.00 bits per heavy atom. The van der Waals surface area contributed by atoms with Crippen LogP contribution in [0.3, 0.4) is 0 Å². The van der Waals surface area contributed by atoms with Gasteiger partial charge in [-0.05, 0) is 36.4 Å². The summed E-state index contributed by atoms with van der Waals surface area (Å²) in [5, 5.41) is 4.00. The van der Waals surface area contributed by atoms with Gasteiger partial charge in [0.15, 0.2) is 0 Å². The first-order valence-corrected chi connectivity index (χ1v) is 8.20. The number of carbonyl (C=O) groups is 1. The van der Waals surface area contributed by atoms with Crippen molar-refractivity contribution in [2.24, 2.45) is 7.05 Å². The molecule has 1 aromatic carbocycles. The Balaban J connectivity index is 1.73. The number of piperidine rings is 1. The molecule has 2 N–H and O–H groups in total. The van der Waals surface area contributed by atoms with Crippen molar-refractivity contribution in [3.05, 3.63) is 58.5 Å². The highest BCUT2D eigenvalue weighted by Crippen LogP contribution is 2.25. The van der Waals surface area contributed by atoms with Gasteiger partial charge >= 0.3 is 0 Å². The number of nitrogens with one attached hydrogen (secondary N) is 2. The maximum atomic E-state index is 12.5. The molecule has 1 fully saturated rings. The quantitative estimate of drug-likeness (QED) is 0.761. The molecule has 0 radical (unpaired) electrons. The van der Waals surface area contributed by atoms with E-state index in [0.717, 1.165) is 29.6 Å². The zero-order chi connectivity index (χ0) is 16.7. The van der Waals surface area contributed by atoms with Crippen molar-refractivity contribution < 1.29 is 4.79 Å². The Morgan fingerprint density at radius 1 is 1.12 bits per heavy atom. The van der Waals surface area contributed by atoms with Gasteiger partial charge in [0.25, 0.3) is 5.56 Å². The van der Waals surface area contributed by atoms with Crippen LogP contribution in [0.2, 0.25) is 0 Å². The third kappa shape index (κ3) is 2.42. The van der Waals surface area contributed by atoms with E-state index in [0.29, 0.717) is 12.1 Å². The second kappa shape index (κ2) is 5.67. The zero-order valence-electron chi connectivity index (χ0n) is 13.5. The molecule has 0 bridgehead atoms. The van der Waals surface area contributed by atoms with Gasteiger partial charge in [-0.15, -0.1) is 0 Å². The molecule has 0 saturated carbocycles. The van der Waals surface area contributed by atoms with Gasteiger partial charge in [0.1, 0.15) is 0 Å². The van der Waals surface area contributed by atoms with Crippen LogP contribution < -0.4 is 10.9 Å². The molecule has 5 nitrogen and oxygen atoms in total. The van der Waals surface area contributed by atoms with E-state index in [-0.39, 0.29) is 17.4 Å². The lowest BCUT2D eigenvalue weighted by molar-refractivity contribution is -0.123. The first kappa shape index (κ1) is 14.8. The number of aromatic nitrogens is 2. The van der Waals surface area contributed by atoms with Crippen molar-refractivity contribution in [1.29, 1.82) is 0 Å². The lowest BCUT2D eigenvalue weighted by atomic mass is 9.91. The normalized spacial score (nSPS) is 17.9. The van der Waals surface area contributed by atoms with Crippen molar-refractivity contribution in [2.45, 2.75) is 18.8 Å². The standard InChI is InChI=1S/C19H19N3O2/c1-22-10-8-12-4-5-13(11-17(12)22)16-7-6-15(19(24)21-16)14-3-2-9-20-18(14)23/h4-8,10-11,14H,2-3,9H2,1H3,(H,20,23)(H,21,24). The molecule has 122 valence electrons. The largest absolute Gasteiger partial charge is 0.356 e. The van der Waals surface area contributed by atoms with E-state index in [4.69, 9.17) is 0 Å². The maximum Gasteiger partial charge on any atom is 0.252 e. The molecule has 1 saturated heterocycles. The number of hydrogen-bond acceptors (Lipinski definition) is 2. The third-order valence-corrected chi connectivity index (χ3v) is 4.80. The smallest absolute Gasteiger partial charge is 0.252 e. The summed E-state index contributed by atoms with van der Waals surface area (Å²) >= 11 is 0. The number of pyridine rings is 1. The van der Waals surface area contributed by atoms with Crippen LogP contribution in [0.4, 0.5) is 0 Å². The Morgan fingerprint density at radius 3 is 2.79 bits per heavy atom. The second-order valence-electron chi connectivity index (χ2n) is 6.34. The molecule has 0 spiro atoms. The first-order valence-electron chi connectivity index (χ1n) is 8.20.